The molecule has 2 rings (SSSR count). The van der Waals surface area contributed by atoms with E-state index in [9.17, 15) is 18.4 Å². The van der Waals surface area contributed by atoms with Crippen molar-refractivity contribution in [3.8, 4) is 17.6 Å². The molecule has 0 radical (unpaired) electrons. The van der Waals surface area contributed by atoms with E-state index in [4.69, 9.17) is 4.74 Å². The van der Waals surface area contributed by atoms with E-state index >= 15 is 0 Å². The second kappa shape index (κ2) is 11.4. The average molecular weight is 477 g/mol. The summed E-state index contributed by atoms with van der Waals surface area (Å²) in [7, 11) is -2.70. The predicted octanol–water partition coefficient (Wildman–Crippen LogP) is 3.30. The molecule has 2 aromatic rings. The quantitative estimate of drug-likeness (QED) is 0.310. The van der Waals surface area contributed by atoms with Crippen molar-refractivity contribution in [2.24, 2.45) is 0 Å². The topological polar surface area (TPSA) is 95.9 Å². The van der Waals surface area contributed by atoms with Crippen LogP contribution in [-0.4, -0.2) is 48.3 Å². The Bertz CT molecular complexity index is 1060. The number of hydrogen-bond donors (Lipinski definition) is 2. The summed E-state index contributed by atoms with van der Waals surface area (Å²) in [6.07, 6.45) is 0. The van der Waals surface area contributed by atoms with Gasteiger partial charge in [0.1, 0.15) is 18.4 Å². The van der Waals surface area contributed by atoms with Gasteiger partial charge in [0.2, 0.25) is 10.0 Å². The van der Waals surface area contributed by atoms with Gasteiger partial charge in [-0.1, -0.05) is 36.3 Å². The fourth-order valence-corrected chi connectivity index (χ4v) is 5.78. The molecule has 1 unspecified atom stereocenters. The highest BCUT2D eigenvalue weighted by Gasteiger charge is 2.43. The lowest BCUT2D eigenvalue weighted by atomic mass is 10.0. The van der Waals surface area contributed by atoms with Gasteiger partial charge in [-0.25, -0.2) is 13.9 Å². The third kappa shape index (κ3) is 6.50. The van der Waals surface area contributed by atoms with E-state index in [2.05, 4.69) is 11.8 Å². The monoisotopic (exact) mass is 476 g/mol. The van der Waals surface area contributed by atoms with E-state index < -0.39 is 26.7 Å². The predicted molar refractivity (Wildman–Crippen MR) is 126 cm³/mol. The Morgan fingerprint density at radius 3 is 2.38 bits per heavy atom. The molecule has 0 aromatic heterocycles. The van der Waals surface area contributed by atoms with Gasteiger partial charge in [-0.15, -0.1) is 17.7 Å². The van der Waals surface area contributed by atoms with Crippen LogP contribution in [0.2, 0.25) is 0 Å². The first-order chi connectivity index (χ1) is 15.1. The van der Waals surface area contributed by atoms with Crippen LogP contribution in [0.1, 0.15) is 26.3 Å². The van der Waals surface area contributed by atoms with Gasteiger partial charge in [-0.2, -0.15) is 4.31 Å². The van der Waals surface area contributed by atoms with E-state index in [0.717, 1.165) is 9.87 Å². The number of nitrogens with one attached hydrogen (secondary N) is 1. The molecule has 32 heavy (non-hydrogen) atoms. The molecule has 0 saturated carbocycles. The molecule has 9 heteroatoms. The van der Waals surface area contributed by atoms with Crippen LogP contribution in [0.15, 0.2) is 59.5 Å². The molecular weight excluding hydrogens is 448 g/mol. The van der Waals surface area contributed by atoms with Crippen molar-refractivity contribution in [2.75, 3.05) is 13.7 Å². The summed E-state index contributed by atoms with van der Waals surface area (Å²) in [6, 6.07) is 14.4. The number of carbonyl (C=O) groups is 1. The molecule has 0 aliphatic heterocycles. The molecular formula is C23H28N2O5S2. The highest BCUT2D eigenvalue weighted by Crippen LogP contribution is 2.35. The zero-order valence-corrected chi connectivity index (χ0v) is 20.2. The minimum absolute atomic E-state index is 0.00789. The van der Waals surface area contributed by atoms with Crippen LogP contribution in [0.25, 0.3) is 0 Å². The number of carbonyl (C=O) groups excluding carboxylic acids is 1. The van der Waals surface area contributed by atoms with E-state index in [1.165, 1.54) is 43.1 Å². The number of hydrogen-bond acceptors (Lipinski definition) is 6. The Labute approximate surface area is 194 Å². The molecule has 2 N–H and O–H groups in total. The summed E-state index contributed by atoms with van der Waals surface area (Å²) in [5, 5.41) is 9.32. The van der Waals surface area contributed by atoms with E-state index in [1.807, 2.05) is 30.3 Å². The molecule has 0 aliphatic carbocycles. The lowest BCUT2D eigenvalue weighted by Gasteiger charge is -2.37. The third-order valence-electron chi connectivity index (χ3n) is 4.82. The van der Waals surface area contributed by atoms with Crippen molar-refractivity contribution in [3.05, 3.63) is 60.2 Å². The van der Waals surface area contributed by atoms with Crippen molar-refractivity contribution >= 4 is 27.7 Å². The third-order valence-corrected chi connectivity index (χ3v) is 8.10. The zero-order chi connectivity index (χ0) is 23.8. The summed E-state index contributed by atoms with van der Waals surface area (Å²) >= 11 is 1.43. The van der Waals surface area contributed by atoms with Crippen molar-refractivity contribution in [1.29, 1.82) is 0 Å². The molecule has 1 atom stereocenters. The molecule has 1 amide bonds. The SMILES string of the molecule is CC#CCOc1ccc(S(=O)(=O)N(C)C(C(=O)NO)C(C)(C)SCc2ccccc2)cc1. The Kier molecular flexibility index (Phi) is 9.16. The summed E-state index contributed by atoms with van der Waals surface area (Å²) in [4.78, 5) is 12.6. The molecule has 0 spiro atoms. The van der Waals surface area contributed by atoms with Gasteiger partial charge < -0.3 is 4.74 Å². The smallest absolute Gasteiger partial charge is 0.263 e. The maximum atomic E-state index is 13.3. The standard InChI is InChI=1S/C23H28N2O5S2/c1-5-6-16-30-19-12-14-20(15-13-19)32(28,29)25(4)21(22(26)24-27)23(2,3)31-17-18-10-8-7-9-11-18/h7-15,21,27H,16-17H2,1-4H3,(H,24,26). The number of thioether (sulfide) groups is 1. The Morgan fingerprint density at radius 2 is 1.81 bits per heavy atom. The van der Waals surface area contributed by atoms with E-state index in [-0.39, 0.29) is 11.5 Å². The number of hydroxylamine groups is 1. The summed E-state index contributed by atoms with van der Waals surface area (Å²) in [5.74, 6) is 5.73. The maximum Gasteiger partial charge on any atom is 0.263 e. The molecule has 7 nitrogen and oxygen atoms in total. The van der Waals surface area contributed by atoms with Crippen LogP contribution in [0.5, 0.6) is 5.75 Å². The molecule has 0 aliphatic rings. The van der Waals surface area contributed by atoms with Gasteiger partial charge in [0.15, 0.2) is 0 Å². The van der Waals surface area contributed by atoms with Gasteiger partial charge in [0.05, 0.1) is 4.90 Å². The number of amides is 1. The fourth-order valence-electron chi connectivity index (χ4n) is 3.11. The van der Waals surface area contributed by atoms with Crippen LogP contribution in [0, 0.1) is 11.8 Å². The number of ether oxygens (including phenoxy) is 1. The highest BCUT2D eigenvalue weighted by molar-refractivity contribution is 8.00. The second-order valence-corrected chi connectivity index (χ2v) is 11.1. The summed E-state index contributed by atoms with van der Waals surface area (Å²) in [6.45, 7) is 5.46. The van der Waals surface area contributed by atoms with Gasteiger partial charge in [0.25, 0.3) is 5.91 Å². The minimum Gasteiger partial charge on any atom is -0.481 e. The van der Waals surface area contributed by atoms with Gasteiger partial charge >= 0.3 is 0 Å². The fraction of sp³-hybridized carbons (Fsp3) is 0.348. The second-order valence-electron chi connectivity index (χ2n) is 7.46. The van der Waals surface area contributed by atoms with E-state index in [0.29, 0.717) is 11.5 Å². The van der Waals surface area contributed by atoms with E-state index in [1.54, 1.807) is 26.3 Å². The number of likely N-dealkylation sites (N-methyl/N-ethyl adjacent to an activating group) is 1. The van der Waals surface area contributed by atoms with Crippen LogP contribution < -0.4 is 10.2 Å². The first-order valence-electron chi connectivity index (χ1n) is 9.86. The van der Waals surface area contributed by atoms with Gasteiger partial charge in [-0.05, 0) is 50.6 Å². The van der Waals surface area contributed by atoms with Crippen molar-refractivity contribution in [2.45, 2.75) is 42.2 Å². The molecule has 0 bridgehead atoms. The number of sulfonamides is 1. The average Bonchev–Trinajstić information content (AvgIpc) is 2.78. The molecule has 172 valence electrons. The minimum atomic E-state index is -4.04. The van der Waals surface area contributed by atoms with Crippen LogP contribution >= 0.6 is 11.8 Å². The number of rotatable bonds is 10. The Morgan fingerprint density at radius 1 is 1.19 bits per heavy atom. The molecule has 2 aromatic carbocycles. The molecule has 0 heterocycles. The van der Waals surface area contributed by atoms with Crippen molar-refractivity contribution < 1.29 is 23.2 Å². The summed E-state index contributed by atoms with van der Waals surface area (Å²) < 4.78 is 32.1. The van der Waals surface area contributed by atoms with Crippen LogP contribution in [0.3, 0.4) is 0 Å². The first kappa shape index (κ1) is 25.7. The normalized spacial score (nSPS) is 12.6. The zero-order valence-electron chi connectivity index (χ0n) is 18.5. The molecule has 0 fully saturated rings. The maximum absolute atomic E-state index is 13.3. The van der Waals surface area contributed by atoms with Crippen LogP contribution in [-0.2, 0) is 20.6 Å². The number of benzene rings is 2. The largest absolute Gasteiger partial charge is 0.481 e. The first-order valence-corrected chi connectivity index (χ1v) is 12.3. The van der Waals surface area contributed by atoms with Gasteiger partial charge in [0, 0.05) is 17.5 Å². The highest BCUT2D eigenvalue weighted by atomic mass is 32.2. The van der Waals surface area contributed by atoms with Gasteiger partial charge in [-0.3, -0.25) is 10.0 Å². The lowest BCUT2D eigenvalue weighted by Crippen LogP contribution is -2.56. The number of nitrogens with zero attached hydrogens (tertiary/aromatic N) is 1. The van der Waals surface area contributed by atoms with Crippen molar-refractivity contribution in [3.63, 3.8) is 0 Å². The van der Waals surface area contributed by atoms with Crippen LogP contribution in [0.4, 0.5) is 0 Å². The Hall–Kier alpha value is -2.51. The lowest BCUT2D eigenvalue weighted by molar-refractivity contribution is -0.133. The summed E-state index contributed by atoms with van der Waals surface area (Å²) in [5.41, 5.74) is 2.66. The Balaban J connectivity index is 2.27. The van der Waals surface area contributed by atoms with Crippen molar-refractivity contribution in [1.82, 2.24) is 9.79 Å². The molecule has 0 saturated heterocycles.